The van der Waals surface area contributed by atoms with Crippen molar-refractivity contribution in [3.63, 3.8) is 0 Å². The molecule has 29 heavy (non-hydrogen) atoms. The molecule has 8 nitrogen and oxygen atoms in total. The molecule has 2 aromatic carbocycles. The molecule has 3 rings (SSSR count). The summed E-state index contributed by atoms with van der Waals surface area (Å²) in [6, 6.07) is 9.55. The van der Waals surface area contributed by atoms with Gasteiger partial charge in [-0.15, -0.1) is 0 Å². The van der Waals surface area contributed by atoms with E-state index in [4.69, 9.17) is 9.72 Å². The van der Waals surface area contributed by atoms with Gasteiger partial charge in [0.2, 0.25) is 0 Å². The Hall–Kier alpha value is -3.68. The highest BCUT2D eigenvalue weighted by Gasteiger charge is 2.15. The molecule has 8 heteroatoms. The van der Waals surface area contributed by atoms with Gasteiger partial charge in [0, 0.05) is 25.5 Å². The van der Waals surface area contributed by atoms with Crippen LogP contribution in [0.5, 0.6) is 0 Å². The summed E-state index contributed by atoms with van der Waals surface area (Å²) in [5.74, 6) is -1.35. The van der Waals surface area contributed by atoms with Crippen molar-refractivity contribution in [3.8, 4) is 0 Å². The average molecular weight is 394 g/mol. The fourth-order valence-electron chi connectivity index (χ4n) is 2.81. The molecule has 0 aliphatic heterocycles. The fraction of sp³-hybridized carbons (Fsp3) is 0.238. The highest BCUT2D eigenvalue weighted by molar-refractivity contribution is 5.99. The smallest absolute Gasteiger partial charge is 0.354 e. The third-order valence-electron chi connectivity index (χ3n) is 4.42. The molecule has 0 saturated heterocycles. The summed E-state index contributed by atoms with van der Waals surface area (Å²) in [6.45, 7) is 1.87. The summed E-state index contributed by atoms with van der Waals surface area (Å²) in [7, 11) is 6.39. The van der Waals surface area contributed by atoms with Crippen molar-refractivity contribution < 1.29 is 19.1 Å². The number of nitrogens with one attached hydrogen (secondary N) is 1. The number of hydrogen-bond acceptors (Lipinski definition) is 8. The molecule has 0 aliphatic carbocycles. The number of fused-ring (bicyclic) bond motifs is 2. The topological polar surface area (TPSA) is 93.6 Å². The van der Waals surface area contributed by atoms with Crippen molar-refractivity contribution in [2.45, 2.75) is 6.92 Å². The summed E-state index contributed by atoms with van der Waals surface area (Å²) in [6.07, 6.45) is 1.05. The van der Waals surface area contributed by atoms with Crippen molar-refractivity contribution in [2.75, 3.05) is 38.5 Å². The molecular formula is C21H22N4O4. The Morgan fingerprint density at radius 3 is 2.28 bits per heavy atom. The number of carbonyl (C=O) groups is 2. The maximum atomic E-state index is 12.0. The zero-order valence-electron chi connectivity index (χ0n) is 16.9. The van der Waals surface area contributed by atoms with Gasteiger partial charge in [0.15, 0.2) is 0 Å². The quantitative estimate of drug-likeness (QED) is 0.401. The second kappa shape index (κ2) is 8.14. The second-order valence-corrected chi connectivity index (χ2v) is 6.64. The number of aromatic nitrogens is 2. The Morgan fingerprint density at radius 2 is 1.62 bits per heavy atom. The highest BCUT2D eigenvalue weighted by atomic mass is 16.5. The normalized spacial score (nSPS) is 11.4. The summed E-state index contributed by atoms with van der Waals surface area (Å²) >= 11 is 0. The molecule has 1 heterocycles. The summed E-state index contributed by atoms with van der Waals surface area (Å²) in [4.78, 5) is 35.0. The number of ether oxygens (including phenoxy) is 2. The van der Waals surface area contributed by atoms with E-state index in [-0.39, 0.29) is 5.70 Å². The van der Waals surface area contributed by atoms with Gasteiger partial charge in [0.1, 0.15) is 5.70 Å². The van der Waals surface area contributed by atoms with Gasteiger partial charge >= 0.3 is 11.9 Å². The third kappa shape index (κ3) is 4.26. The van der Waals surface area contributed by atoms with Crippen LogP contribution in [0.4, 0.5) is 11.4 Å². The van der Waals surface area contributed by atoms with Crippen LogP contribution in [0.2, 0.25) is 0 Å². The minimum atomic E-state index is -0.685. The lowest BCUT2D eigenvalue weighted by Crippen LogP contribution is -2.16. The summed E-state index contributed by atoms with van der Waals surface area (Å²) < 4.78 is 9.34. The van der Waals surface area contributed by atoms with E-state index in [1.165, 1.54) is 14.2 Å². The molecule has 0 atom stereocenters. The zero-order chi connectivity index (χ0) is 21.1. The Kier molecular flexibility index (Phi) is 5.63. The van der Waals surface area contributed by atoms with Gasteiger partial charge in [-0.05, 0) is 42.8 Å². The number of hydrogen-bond donors (Lipinski definition) is 1. The molecular weight excluding hydrogens is 372 g/mol. The second-order valence-electron chi connectivity index (χ2n) is 6.64. The SMILES string of the molecule is COC(=O)/C=C(/Nc1cc2nc3cc(N(C)C)ccc3nc2cc1C)C(=O)OC. The molecule has 150 valence electrons. The first-order valence-electron chi connectivity index (χ1n) is 8.87. The predicted octanol–water partition coefficient (Wildman–Crippen LogP) is 2.80. The van der Waals surface area contributed by atoms with E-state index < -0.39 is 11.9 Å². The number of aryl methyl sites for hydroxylation is 1. The van der Waals surface area contributed by atoms with Crippen molar-refractivity contribution in [1.82, 2.24) is 9.97 Å². The number of benzene rings is 2. The molecule has 0 bridgehead atoms. The summed E-state index contributed by atoms with van der Waals surface area (Å²) in [5, 5.41) is 2.94. The van der Waals surface area contributed by atoms with E-state index in [0.717, 1.165) is 33.9 Å². The van der Waals surface area contributed by atoms with Crippen molar-refractivity contribution in [2.24, 2.45) is 0 Å². The molecule has 0 radical (unpaired) electrons. The minimum absolute atomic E-state index is 0.0366. The van der Waals surface area contributed by atoms with Crippen molar-refractivity contribution in [1.29, 1.82) is 0 Å². The Morgan fingerprint density at radius 1 is 0.966 bits per heavy atom. The summed E-state index contributed by atoms with van der Waals surface area (Å²) in [5.41, 5.74) is 5.36. The van der Waals surface area contributed by atoms with Crippen molar-refractivity contribution in [3.05, 3.63) is 47.7 Å². The number of esters is 2. The molecule has 0 unspecified atom stereocenters. The maximum absolute atomic E-state index is 12.0. The largest absolute Gasteiger partial charge is 0.466 e. The predicted molar refractivity (Wildman–Crippen MR) is 112 cm³/mol. The first-order chi connectivity index (χ1) is 13.8. The molecule has 3 aromatic rings. The zero-order valence-corrected chi connectivity index (χ0v) is 16.9. The van der Waals surface area contributed by atoms with Crippen LogP contribution in [-0.4, -0.2) is 50.2 Å². The molecule has 1 aromatic heterocycles. The molecule has 1 N–H and O–H groups in total. The first kappa shape index (κ1) is 20.1. The highest BCUT2D eigenvalue weighted by Crippen LogP contribution is 2.26. The Labute approximate surface area is 168 Å². The van der Waals surface area contributed by atoms with Crippen LogP contribution in [0.3, 0.4) is 0 Å². The number of nitrogens with zero attached hydrogens (tertiary/aromatic N) is 3. The van der Waals surface area contributed by atoms with E-state index in [1.54, 1.807) is 6.07 Å². The van der Waals surface area contributed by atoms with Crippen LogP contribution in [0.15, 0.2) is 42.1 Å². The lowest BCUT2D eigenvalue weighted by atomic mass is 10.1. The van der Waals surface area contributed by atoms with Crippen molar-refractivity contribution >= 4 is 45.4 Å². The number of carbonyl (C=O) groups excluding carboxylic acids is 2. The van der Waals surface area contributed by atoms with Crippen LogP contribution < -0.4 is 10.2 Å². The minimum Gasteiger partial charge on any atom is -0.466 e. The van der Waals surface area contributed by atoms with Gasteiger partial charge in [-0.25, -0.2) is 19.6 Å². The molecule has 0 fully saturated rings. The molecule has 0 amide bonds. The van der Waals surface area contributed by atoms with Gasteiger partial charge in [0.25, 0.3) is 0 Å². The standard InChI is InChI=1S/C21H22N4O4/c1-12-8-16-18(24-17-9-13(25(2)3)6-7-14(17)22-16)10-15(12)23-19(21(27)29-5)11-20(26)28-4/h6-11,23H,1-5H3/b19-11+. The van der Waals surface area contributed by atoms with Crippen LogP contribution >= 0.6 is 0 Å². The Balaban J connectivity index is 2.08. The van der Waals surface area contributed by atoms with Crippen LogP contribution in [0, 0.1) is 6.92 Å². The van der Waals surface area contributed by atoms with Gasteiger partial charge < -0.3 is 19.7 Å². The molecule has 0 aliphatic rings. The van der Waals surface area contributed by atoms with E-state index >= 15 is 0 Å². The fourth-order valence-corrected chi connectivity index (χ4v) is 2.81. The average Bonchev–Trinajstić information content (AvgIpc) is 2.71. The maximum Gasteiger partial charge on any atom is 0.354 e. The number of rotatable bonds is 5. The van der Waals surface area contributed by atoms with E-state index in [2.05, 4.69) is 15.0 Å². The Bertz CT molecular complexity index is 1140. The van der Waals surface area contributed by atoms with E-state index in [1.807, 2.05) is 50.2 Å². The van der Waals surface area contributed by atoms with E-state index in [9.17, 15) is 9.59 Å². The monoisotopic (exact) mass is 394 g/mol. The third-order valence-corrected chi connectivity index (χ3v) is 4.42. The number of methoxy groups -OCH3 is 2. The number of anilines is 2. The van der Waals surface area contributed by atoms with Crippen LogP contribution in [-0.2, 0) is 19.1 Å². The van der Waals surface area contributed by atoms with Crippen LogP contribution in [0.1, 0.15) is 5.56 Å². The lowest BCUT2D eigenvalue weighted by molar-refractivity contribution is -0.138. The molecule has 0 spiro atoms. The van der Waals surface area contributed by atoms with Gasteiger partial charge in [0.05, 0.1) is 42.4 Å². The van der Waals surface area contributed by atoms with E-state index in [0.29, 0.717) is 11.2 Å². The molecule has 0 saturated carbocycles. The lowest BCUT2D eigenvalue weighted by Gasteiger charge is -2.14. The van der Waals surface area contributed by atoms with Gasteiger partial charge in [-0.1, -0.05) is 0 Å². The van der Waals surface area contributed by atoms with Gasteiger partial charge in [-0.2, -0.15) is 0 Å². The van der Waals surface area contributed by atoms with Crippen LogP contribution in [0.25, 0.3) is 22.1 Å². The first-order valence-corrected chi connectivity index (χ1v) is 8.87. The van der Waals surface area contributed by atoms with Gasteiger partial charge in [-0.3, -0.25) is 0 Å².